The lowest BCUT2D eigenvalue weighted by Crippen LogP contribution is -2.56. The fourth-order valence-electron chi connectivity index (χ4n) is 19.6. The van der Waals surface area contributed by atoms with E-state index in [1.165, 1.54) is 0 Å². The van der Waals surface area contributed by atoms with Gasteiger partial charge in [0.2, 0.25) is 0 Å². The number of hydrogen-bond acceptors (Lipinski definition) is 48. The Morgan fingerprint density at radius 3 is 0.707 bits per heavy atom. The van der Waals surface area contributed by atoms with Crippen LogP contribution in [0.3, 0.4) is 0 Å². The van der Waals surface area contributed by atoms with Crippen molar-refractivity contribution in [3.05, 3.63) is 0 Å². The molecule has 20 atom stereocenters. The molecule has 0 aromatic carbocycles. The molecule has 0 amide bonds. The van der Waals surface area contributed by atoms with Crippen LogP contribution in [-0.2, 0) is 57.4 Å². The van der Waals surface area contributed by atoms with Gasteiger partial charge in [0.05, 0.1) is 12.2 Å². The lowest BCUT2D eigenvalue weighted by atomic mass is 9.78. The summed E-state index contributed by atoms with van der Waals surface area (Å²) in [6.07, 6.45) is 19.2. The Balaban J connectivity index is 0.000000833. The number of nitrogens with one attached hydrogen (secondary N) is 5. The van der Waals surface area contributed by atoms with Gasteiger partial charge < -0.3 is 245 Å². The van der Waals surface area contributed by atoms with Crippen molar-refractivity contribution in [1.82, 2.24) is 26.6 Å². The summed E-state index contributed by atoms with van der Waals surface area (Å²) in [6.45, 7) is 4.15. The normalized spacial score (nSPS) is 30.5. The van der Waals surface area contributed by atoms with Crippen molar-refractivity contribution in [1.29, 1.82) is 0 Å². The van der Waals surface area contributed by atoms with Gasteiger partial charge in [0.1, 0.15) is 55.4 Å². The summed E-state index contributed by atoms with van der Waals surface area (Å²) in [5.41, 5.74) is 45.8. The lowest BCUT2D eigenvalue weighted by Gasteiger charge is -2.26. The smallest absolute Gasteiger partial charge is 0.451 e. The van der Waals surface area contributed by atoms with Crippen LogP contribution in [0.2, 0.25) is 63.2 Å². The summed E-state index contributed by atoms with van der Waals surface area (Å²) in [5, 5.41) is 278. The van der Waals surface area contributed by atoms with Crippen molar-refractivity contribution in [2.45, 2.75) is 360 Å². The molecule has 0 aromatic heterocycles. The van der Waals surface area contributed by atoms with Gasteiger partial charge in [-0.1, -0.05) is 77.0 Å². The van der Waals surface area contributed by atoms with Gasteiger partial charge >= 0.3 is 131 Å². The van der Waals surface area contributed by atoms with Crippen molar-refractivity contribution < 1.29 is 209 Å². The number of rotatable bonds is 50. The third-order valence-electron chi connectivity index (χ3n) is 29.4. The maximum Gasteiger partial charge on any atom is 0.451 e. The highest BCUT2D eigenvalue weighted by Crippen LogP contribution is 2.41. The molecular weight excluding hydrogens is 2010 g/mol. The van der Waals surface area contributed by atoms with Gasteiger partial charge in [-0.2, -0.15) is 11.8 Å². The van der Waals surface area contributed by atoms with Crippen LogP contribution < -0.4 is 83.9 Å². The zero-order valence-electron chi connectivity index (χ0n) is 85.3. The minimum absolute atomic E-state index is 0.0336. The summed E-state index contributed by atoms with van der Waals surface area (Å²) < 4.78 is 10.5. The minimum Gasteiger partial charge on any atom is -0.480 e. The number of ether oxygens (including phenoxy) is 2. The van der Waals surface area contributed by atoms with E-state index >= 15 is 0 Å². The van der Waals surface area contributed by atoms with Crippen LogP contribution in [0.5, 0.6) is 0 Å². The van der Waals surface area contributed by atoms with E-state index in [0.717, 1.165) is 31.4 Å². The highest BCUT2D eigenvalue weighted by molar-refractivity contribution is 8.00. The second-order valence-corrected chi connectivity index (χ2v) is 41.8. The van der Waals surface area contributed by atoms with Gasteiger partial charge in [-0.05, 0) is 216 Å². The van der Waals surface area contributed by atoms with E-state index in [1.54, 1.807) is 11.8 Å². The van der Waals surface area contributed by atoms with E-state index in [9.17, 15) is 47.9 Å². The highest BCUT2D eigenvalue weighted by atomic mass is 32.2. The summed E-state index contributed by atoms with van der Waals surface area (Å²) >= 11 is 1.56. The monoisotopic (exact) mass is 2180 g/mol. The van der Waals surface area contributed by atoms with Gasteiger partial charge in [-0.25, -0.2) is 0 Å². The number of carboxylic acid groups (broad SMARTS) is 10. The van der Waals surface area contributed by atoms with Crippen molar-refractivity contribution in [3.8, 4) is 0 Å². The Morgan fingerprint density at radius 1 is 0.253 bits per heavy atom. The fourth-order valence-corrected chi connectivity index (χ4v) is 21.2. The average Bonchev–Trinajstić information content (AvgIpc) is 1.73. The molecule has 8 saturated heterocycles. The molecular formula is C82H169B10N15O42S. The standard InChI is InChI=1S/2C9H18BNO4.5C8H17BN2O4.2C8H16BNO5.C8H16BNO4S/c2*11-9(8(12)13)5-1-3-7(9)4-2-6-10(14)15;3*10-8(7(12)13)3-5-11-6(8)2-1-4-9(14)15;2*10-8(7(12)13)5-11-4-6(8)2-1-3-9(14)15;3*10-8(7(11)12)3-5-15-6(8)2-1-4-9(13)14/h2*7,14-15H,1-6,11H2,(H,12,13);5*6,11,14-15H,1-5,10H2,(H,12,13);3*6,13-14H,1-5,10H2,(H,11,12)/t7-,9+;7-,9-;2*6-,8+;6-,8-;6-,8+;6-,8-;6-,8+;6-,8-;/m101101010./s1. The Kier molecular flexibility index (Phi) is 65.9. The molecule has 2 saturated carbocycles. The largest absolute Gasteiger partial charge is 0.480 e. The molecule has 10 fully saturated rings. The first kappa shape index (κ1) is 142. The molecule has 150 heavy (non-hydrogen) atoms. The Bertz CT molecular complexity index is 3180. The summed E-state index contributed by atoms with van der Waals surface area (Å²) in [6, 6.07) is -0.851. The quantitative estimate of drug-likeness (QED) is 0.0252. The van der Waals surface area contributed by atoms with Gasteiger partial charge in [-0.15, -0.1) is 0 Å². The minimum atomic E-state index is -1.36. The van der Waals surface area contributed by atoms with Crippen molar-refractivity contribution in [2.75, 3.05) is 64.8 Å². The van der Waals surface area contributed by atoms with E-state index in [-0.39, 0.29) is 123 Å². The van der Waals surface area contributed by atoms with Crippen molar-refractivity contribution in [2.24, 2.45) is 81.0 Å². The van der Waals surface area contributed by atoms with E-state index in [1.807, 2.05) is 0 Å². The predicted octanol–water partition coefficient (Wildman–Crippen LogP) is -11.6. The van der Waals surface area contributed by atoms with Crippen LogP contribution in [0, 0.1) is 23.7 Å². The lowest BCUT2D eigenvalue weighted by molar-refractivity contribution is -0.146. The topological polar surface area (TPSA) is 1120 Å². The van der Waals surface area contributed by atoms with E-state index in [0.29, 0.717) is 226 Å². The first-order valence-corrected chi connectivity index (χ1v) is 52.0. The first-order valence-electron chi connectivity index (χ1n) is 51.0. The molecule has 57 nitrogen and oxygen atoms in total. The van der Waals surface area contributed by atoms with Gasteiger partial charge in [-0.3, -0.25) is 47.9 Å². The number of thioether (sulfide) groups is 1. The van der Waals surface area contributed by atoms with Crippen LogP contribution in [0.1, 0.15) is 205 Å². The summed E-state index contributed by atoms with van der Waals surface area (Å²) in [4.78, 5) is 110. The van der Waals surface area contributed by atoms with Crippen LogP contribution in [0.15, 0.2) is 0 Å². The second-order valence-electron chi connectivity index (χ2n) is 40.5. The van der Waals surface area contributed by atoms with E-state index in [2.05, 4.69) is 26.6 Å². The predicted molar refractivity (Wildman–Crippen MR) is 554 cm³/mol. The summed E-state index contributed by atoms with van der Waals surface area (Å²) in [5.74, 6) is -9.54. The number of carboxylic acids is 10. The van der Waals surface area contributed by atoms with E-state index < -0.39 is 198 Å². The van der Waals surface area contributed by atoms with Gasteiger partial charge in [0, 0.05) is 87.4 Å². The molecule has 10 rings (SSSR count). The molecule has 0 aromatic rings. The van der Waals surface area contributed by atoms with Crippen LogP contribution >= 0.6 is 11.8 Å². The second kappa shape index (κ2) is 69.5. The van der Waals surface area contributed by atoms with Crippen LogP contribution in [0.4, 0.5) is 0 Å². The molecule has 2 unspecified atom stereocenters. The highest BCUT2D eigenvalue weighted by Gasteiger charge is 2.55. The Morgan fingerprint density at radius 2 is 0.473 bits per heavy atom. The molecule has 2 aliphatic carbocycles. The zero-order valence-corrected chi connectivity index (χ0v) is 86.1. The van der Waals surface area contributed by atoms with Crippen molar-refractivity contribution >= 4 is 143 Å². The van der Waals surface area contributed by atoms with Crippen LogP contribution in [-0.4, -0.2) is 438 Å². The zero-order chi connectivity index (χ0) is 115. The molecule has 0 spiro atoms. The maximum absolute atomic E-state index is 11.0. The number of carbonyl (C=O) groups is 10. The van der Waals surface area contributed by atoms with Crippen molar-refractivity contribution in [3.63, 3.8) is 0 Å². The van der Waals surface area contributed by atoms with Gasteiger partial charge in [0.15, 0.2) is 0 Å². The molecule has 0 radical (unpaired) electrons. The SMILES string of the molecule is NC1(C(=O)O)CCSC1CCCB(O)O.N[C@@]1(C(=O)O)CCC[C@@H]1CCCB(O)O.N[C@@]1(C(=O)O)CCC[C@H]1CCCB(O)O.N[C@@]1(C(=O)O)CCN[C@@H]1CCCB(O)O.N[C@@]1(C(=O)O)CCN[C@@H]1CCCB(O)O.N[C@@]1(C(=O)O)CCN[C@H]1CCCB(O)O.N[C@@]1(C(=O)O)CCO[C@@H]1CCCB(O)O.N[C@@]1(C(=O)O)CCO[C@H]1CCCB(O)O.N[C@@]1(C(=O)O)CNC[C@@H]1CCCB(O)O.N[C@@]1(C(=O)O)CNC[C@H]1CCCB(O)O. The fraction of sp³-hybridized carbons (Fsp3) is 0.878. The maximum atomic E-state index is 11.0. The third kappa shape index (κ3) is 47.6. The summed E-state index contributed by atoms with van der Waals surface area (Å²) in [7, 11) is -13.3. The molecule has 860 valence electrons. The average molecular weight is 2180 g/mol. The molecule has 10 aliphatic rings. The number of nitrogens with two attached hydrogens (primary N) is 10. The molecule has 55 N–H and O–H groups in total. The molecule has 8 aliphatic heterocycles. The molecule has 68 heteroatoms. The Hall–Kier alpha value is -5.78. The molecule has 0 bridgehead atoms. The first-order chi connectivity index (χ1) is 69.7. The van der Waals surface area contributed by atoms with Crippen LogP contribution in [0.25, 0.3) is 0 Å². The number of aliphatic carboxylic acids is 10. The number of hydrogen-bond donors (Lipinski definition) is 45. The Labute approximate surface area is 879 Å². The van der Waals surface area contributed by atoms with E-state index in [4.69, 9.17) is 218 Å². The third-order valence-corrected chi connectivity index (χ3v) is 30.9. The molecule has 8 heterocycles. The van der Waals surface area contributed by atoms with Gasteiger partial charge in [0.25, 0.3) is 0 Å².